The first kappa shape index (κ1) is 15.1. The van der Waals surface area contributed by atoms with Gasteiger partial charge in [-0.25, -0.2) is 13.6 Å². The molecule has 0 aliphatic heterocycles. The lowest BCUT2D eigenvalue weighted by molar-refractivity contribution is 0.0525. The molecule has 0 aliphatic carbocycles. The van der Waals surface area contributed by atoms with Crippen LogP contribution >= 0.6 is 0 Å². The number of pyridine rings is 1. The number of benzene rings is 1. The van der Waals surface area contributed by atoms with E-state index in [0.29, 0.717) is 11.3 Å². The highest BCUT2D eigenvalue weighted by molar-refractivity contribution is 5.90. The predicted octanol–water partition coefficient (Wildman–Crippen LogP) is 3.82. The van der Waals surface area contributed by atoms with Crippen molar-refractivity contribution in [2.24, 2.45) is 0 Å². The Labute approximate surface area is 121 Å². The van der Waals surface area contributed by atoms with E-state index in [9.17, 15) is 13.6 Å². The highest BCUT2D eigenvalue weighted by atomic mass is 19.1. The number of hydrogen-bond donors (Lipinski definition) is 0. The Morgan fingerprint density at radius 2 is 1.90 bits per heavy atom. The van der Waals surface area contributed by atoms with Gasteiger partial charge in [-0.1, -0.05) is 0 Å². The molecule has 0 unspecified atom stereocenters. The van der Waals surface area contributed by atoms with Gasteiger partial charge in [0.2, 0.25) is 0 Å². The molecule has 0 atom stereocenters. The van der Waals surface area contributed by atoms with Crippen molar-refractivity contribution in [1.82, 2.24) is 4.98 Å². The van der Waals surface area contributed by atoms with E-state index in [0.717, 1.165) is 12.1 Å². The molecular formula is C16H15F2NO2. The van der Waals surface area contributed by atoms with Gasteiger partial charge in [-0.15, -0.1) is 0 Å². The van der Waals surface area contributed by atoms with Gasteiger partial charge in [0.25, 0.3) is 0 Å². The van der Waals surface area contributed by atoms with E-state index in [4.69, 9.17) is 4.74 Å². The number of carbonyl (C=O) groups excluding carboxylic acids is 1. The minimum Gasteiger partial charge on any atom is -0.462 e. The number of halogens is 2. The summed E-state index contributed by atoms with van der Waals surface area (Å²) in [6.45, 7) is 5.08. The summed E-state index contributed by atoms with van der Waals surface area (Å²) in [5.41, 5.74) is 1.30. The fraction of sp³-hybridized carbons (Fsp3) is 0.250. The van der Waals surface area contributed by atoms with Crippen molar-refractivity contribution in [3.05, 3.63) is 52.7 Å². The first-order chi connectivity index (χ1) is 9.93. The molecule has 0 saturated heterocycles. The van der Waals surface area contributed by atoms with Crippen LogP contribution in [0.2, 0.25) is 0 Å². The number of hydrogen-bond acceptors (Lipinski definition) is 3. The van der Waals surface area contributed by atoms with Gasteiger partial charge in [0.15, 0.2) is 0 Å². The summed E-state index contributed by atoms with van der Waals surface area (Å²) < 4.78 is 32.4. The van der Waals surface area contributed by atoms with Gasteiger partial charge in [-0.3, -0.25) is 4.98 Å². The number of nitrogens with zero attached hydrogens (tertiary/aromatic N) is 1. The van der Waals surface area contributed by atoms with E-state index >= 15 is 0 Å². The van der Waals surface area contributed by atoms with Gasteiger partial charge in [-0.05, 0) is 50.6 Å². The number of aromatic nitrogens is 1. The van der Waals surface area contributed by atoms with Crippen LogP contribution in [0.5, 0.6) is 0 Å². The van der Waals surface area contributed by atoms with Crippen LogP contribution in [0.1, 0.15) is 28.5 Å². The molecular weight excluding hydrogens is 276 g/mol. The summed E-state index contributed by atoms with van der Waals surface area (Å²) in [5.74, 6) is -1.53. The third-order valence-corrected chi connectivity index (χ3v) is 3.11. The average Bonchev–Trinajstić information content (AvgIpc) is 2.43. The standard InChI is InChI=1S/C16H15F2NO2/c1-4-21-16(20)11-5-6-15(19-10(11)3)12-8-13(17)9(2)7-14(12)18/h5-8H,4H2,1-3H3. The molecule has 0 bridgehead atoms. The predicted molar refractivity (Wildman–Crippen MR) is 75.0 cm³/mol. The summed E-state index contributed by atoms with van der Waals surface area (Å²) in [4.78, 5) is 15.9. The first-order valence-electron chi connectivity index (χ1n) is 6.54. The maximum absolute atomic E-state index is 13.9. The lowest BCUT2D eigenvalue weighted by atomic mass is 10.1. The average molecular weight is 291 g/mol. The van der Waals surface area contributed by atoms with Crippen LogP contribution in [0, 0.1) is 25.5 Å². The highest BCUT2D eigenvalue weighted by Gasteiger charge is 2.15. The second-order valence-electron chi connectivity index (χ2n) is 4.63. The van der Waals surface area contributed by atoms with Crippen LogP contribution in [-0.4, -0.2) is 17.6 Å². The van der Waals surface area contributed by atoms with E-state index in [2.05, 4.69) is 4.98 Å². The molecule has 0 spiro atoms. The van der Waals surface area contributed by atoms with E-state index < -0.39 is 17.6 Å². The normalized spacial score (nSPS) is 10.5. The van der Waals surface area contributed by atoms with Gasteiger partial charge in [0.1, 0.15) is 11.6 Å². The molecule has 0 amide bonds. The molecule has 110 valence electrons. The SMILES string of the molecule is CCOC(=O)c1ccc(-c2cc(F)c(C)cc2F)nc1C. The Morgan fingerprint density at radius 3 is 2.52 bits per heavy atom. The van der Waals surface area contributed by atoms with Gasteiger partial charge in [0, 0.05) is 5.56 Å². The lowest BCUT2D eigenvalue weighted by Crippen LogP contribution is -2.08. The monoisotopic (exact) mass is 291 g/mol. The zero-order chi connectivity index (χ0) is 15.6. The van der Waals surface area contributed by atoms with Gasteiger partial charge < -0.3 is 4.74 Å². The second-order valence-corrected chi connectivity index (χ2v) is 4.63. The maximum atomic E-state index is 13.9. The summed E-state index contributed by atoms with van der Waals surface area (Å²) in [7, 11) is 0. The third-order valence-electron chi connectivity index (χ3n) is 3.11. The molecule has 5 heteroatoms. The molecule has 3 nitrogen and oxygen atoms in total. The fourth-order valence-electron chi connectivity index (χ4n) is 1.98. The van der Waals surface area contributed by atoms with Crippen LogP contribution < -0.4 is 0 Å². The summed E-state index contributed by atoms with van der Waals surface area (Å²) in [6, 6.07) is 5.22. The van der Waals surface area contributed by atoms with Crippen molar-refractivity contribution in [3.63, 3.8) is 0 Å². The van der Waals surface area contributed by atoms with E-state index in [1.807, 2.05) is 0 Å². The van der Waals surface area contributed by atoms with Crippen molar-refractivity contribution < 1.29 is 18.3 Å². The molecule has 0 radical (unpaired) electrons. The maximum Gasteiger partial charge on any atom is 0.339 e. The highest BCUT2D eigenvalue weighted by Crippen LogP contribution is 2.25. The van der Waals surface area contributed by atoms with Crippen LogP contribution in [0.3, 0.4) is 0 Å². The molecule has 0 aliphatic rings. The second kappa shape index (κ2) is 5.99. The Hall–Kier alpha value is -2.30. The van der Waals surface area contributed by atoms with Crippen LogP contribution in [0.25, 0.3) is 11.3 Å². The molecule has 2 rings (SSSR count). The summed E-state index contributed by atoms with van der Waals surface area (Å²) in [6.07, 6.45) is 0. The van der Waals surface area contributed by atoms with Crippen molar-refractivity contribution in [2.45, 2.75) is 20.8 Å². The zero-order valence-electron chi connectivity index (χ0n) is 12.0. The van der Waals surface area contributed by atoms with Gasteiger partial charge in [0.05, 0.1) is 23.6 Å². The quantitative estimate of drug-likeness (QED) is 0.807. The van der Waals surface area contributed by atoms with E-state index in [1.165, 1.54) is 19.1 Å². The summed E-state index contributed by atoms with van der Waals surface area (Å²) >= 11 is 0. The topological polar surface area (TPSA) is 39.2 Å². The van der Waals surface area contributed by atoms with Crippen molar-refractivity contribution in [1.29, 1.82) is 0 Å². The molecule has 1 aromatic heterocycles. The largest absolute Gasteiger partial charge is 0.462 e. The van der Waals surface area contributed by atoms with E-state index in [-0.39, 0.29) is 23.4 Å². The third kappa shape index (κ3) is 3.07. The molecule has 0 saturated carbocycles. The Kier molecular flexibility index (Phi) is 4.31. The number of carbonyl (C=O) groups is 1. The minimum absolute atomic E-state index is 0.0663. The number of ether oxygens (including phenoxy) is 1. The number of rotatable bonds is 3. The summed E-state index contributed by atoms with van der Waals surface area (Å²) in [5, 5.41) is 0. The van der Waals surface area contributed by atoms with Crippen LogP contribution in [0.4, 0.5) is 8.78 Å². The molecule has 1 aromatic carbocycles. The molecule has 21 heavy (non-hydrogen) atoms. The molecule has 0 fully saturated rings. The van der Waals surface area contributed by atoms with Crippen molar-refractivity contribution in [3.8, 4) is 11.3 Å². The first-order valence-corrected chi connectivity index (χ1v) is 6.54. The number of esters is 1. The van der Waals surface area contributed by atoms with Gasteiger partial charge >= 0.3 is 5.97 Å². The fourth-order valence-corrected chi connectivity index (χ4v) is 1.98. The molecule has 1 heterocycles. The van der Waals surface area contributed by atoms with Crippen LogP contribution in [0.15, 0.2) is 24.3 Å². The minimum atomic E-state index is -0.551. The van der Waals surface area contributed by atoms with Crippen molar-refractivity contribution >= 4 is 5.97 Å². The van der Waals surface area contributed by atoms with Crippen molar-refractivity contribution in [2.75, 3.05) is 6.61 Å². The molecule has 2 aromatic rings. The Morgan fingerprint density at radius 1 is 1.19 bits per heavy atom. The smallest absolute Gasteiger partial charge is 0.339 e. The number of aryl methyl sites for hydroxylation is 2. The lowest BCUT2D eigenvalue weighted by Gasteiger charge is -2.09. The van der Waals surface area contributed by atoms with Crippen LogP contribution in [-0.2, 0) is 4.74 Å². The van der Waals surface area contributed by atoms with E-state index in [1.54, 1.807) is 13.8 Å². The zero-order valence-corrected chi connectivity index (χ0v) is 12.0. The Balaban J connectivity index is 2.45. The Bertz CT molecular complexity index is 699. The van der Waals surface area contributed by atoms with Gasteiger partial charge in [-0.2, -0.15) is 0 Å². The molecule has 0 N–H and O–H groups in total.